The maximum Gasteiger partial charge on any atom is 0.0191 e. The van der Waals surface area contributed by atoms with E-state index in [-0.39, 0.29) is 0 Å². The molecule has 0 aromatic rings. The monoisotopic (exact) mass is 240 g/mol. The van der Waals surface area contributed by atoms with Gasteiger partial charge in [0, 0.05) is 18.3 Å². The average Bonchev–Trinajstić information content (AvgIpc) is 2.78. The topological polar surface area (TPSA) is 15.3 Å². The van der Waals surface area contributed by atoms with Crippen molar-refractivity contribution in [2.75, 3.05) is 38.2 Å². The summed E-state index contributed by atoms with van der Waals surface area (Å²) < 4.78 is 0. The number of hydrogen-bond acceptors (Lipinski definition) is 3. The first-order chi connectivity index (χ1) is 7.80. The van der Waals surface area contributed by atoms with Crippen molar-refractivity contribution < 1.29 is 0 Å². The molecule has 1 saturated carbocycles. The van der Waals surface area contributed by atoms with Gasteiger partial charge in [-0.25, -0.2) is 0 Å². The molecule has 3 fully saturated rings. The van der Waals surface area contributed by atoms with E-state index in [1.54, 1.807) is 0 Å². The quantitative estimate of drug-likeness (QED) is 0.810. The van der Waals surface area contributed by atoms with Crippen LogP contribution in [0.2, 0.25) is 0 Å². The molecule has 0 radical (unpaired) electrons. The molecule has 2 saturated heterocycles. The van der Waals surface area contributed by atoms with E-state index in [9.17, 15) is 0 Å². The van der Waals surface area contributed by atoms with Crippen LogP contribution < -0.4 is 5.32 Å². The van der Waals surface area contributed by atoms with Gasteiger partial charge in [0.05, 0.1) is 0 Å². The van der Waals surface area contributed by atoms with Crippen molar-refractivity contribution in [3.8, 4) is 0 Å². The number of hydrogen-bond donors (Lipinski definition) is 1. The van der Waals surface area contributed by atoms with Crippen molar-refractivity contribution in [3.05, 3.63) is 0 Å². The van der Waals surface area contributed by atoms with Gasteiger partial charge in [-0.05, 0) is 62.9 Å². The molecule has 3 rings (SSSR count). The van der Waals surface area contributed by atoms with Gasteiger partial charge in [0.2, 0.25) is 0 Å². The molecule has 1 aliphatic carbocycles. The number of rotatable bonds is 3. The largest absolute Gasteiger partial charge is 0.317 e. The van der Waals surface area contributed by atoms with Crippen LogP contribution in [-0.2, 0) is 0 Å². The van der Waals surface area contributed by atoms with Crippen LogP contribution in [0.3, 0.4) is 0 Å². The van der Waals surface area contributed by atoms with Gasteiger partial charge in [0.1, 0.15) is 0 Å². The Hall–Kier alpha value is 0.270. The smallest absolute Gasteiger partial charge is 0.0191 e. The van der Waals surface area contributed by atoms with Crippen molar-refractivity contribution in [2.45, 2.75) is 31.7 Å². The van der Waals surface area contributed by atoms with E-state index in [0.717, 1.165) is 17.4 Å². The fraction of sp³-hybridized carbons (Fsp3) is 1.00. The van der Waals surface area contributed by atoms with E-state index < -0.39 is 0 Å². The van der Waals surface area contributed by atoms with Gasteiger partial charge in [0.25, 0.3) is 0 Å². The van der Waals surface area contributed by atoms with Crippen molar-refractivity contribution in [2.24, 2.45) is 11.3 Å². The zero-order valence-electron chi connectivity index (χ0n) is 10.4. The Labute approximate surface area is 104 Å². The molecule has 2 atom stereocenters. The molecular weight excluding hydrogens is 216 g/mol. The molecule has 1 spiro atoms. The summed E-state index contributed by atoms with van der Waals surface area (Å²) in [5.74, 6) is 3.78. The lowest BCUT2D eigenvalue weighted by molar-refractivity contribution is 0.222. The fourth-order valence-corrected chi connectivity index (χ4v) is 4.89. The van der Waals surface area contributed by atoms with Crippen LogP contribution in [0.25, 0.3) is 0 Å². The molecule has 3 aliphatic rings. The normalized spacial score (nSPS) is 37.1. The Kier molecular flexibility index (Phi) is 3.20. The Bertz CT molecular complexity index is 244. The van der Waals surface area contributed by atoms with Crippen LogP contribution >= 0.6 is 11.8 Å². The van der Waals surface area contributed by atoms with Gasteiger partial charge in [-0.15, -0.1) is 0 Å². The molecular formula is C13H24N2S. The lowest BCUT2D eigenvalue weighted by atomic mass is 9.92. The van der Waals surface area contributed by atoms with Gasteiger partial charge >= 0.3 is 0 Å². The highest BCUT2D eigenvalue weighted by atomic mass is 32.2. The minimum atomic E-state index is 0.769. The van der Waals surface area contributed by atoms with Crippen LogP contribution in [0.15, 0.2) is 0 Å². The van der Waals surface area contributed by atoms with E-state index in [0.29, 0.717) is 0 Å². The van der Waals surface area contributed by atoms with Gasteiger partial charge in [-0.3, -0.25) is 0 Å². The second-order valence-electron chi connectivity index (χ2n) is 5.97. The van der Waals surface area contributed by atoms with Gasteiger partial charge in [0.15, 0.2) is 0 Å². The van der Waals surface area contributed by atoms with Crippen molar-refractivity contribution in [1.29, 1.82) is 0 Å². The van der Waals surface area contributed by atoms with Crippen LogP contribution in [0, 0.1) is 11.3 Å². The van der Waals surface area contributed by atoms with Gasteiger partial charge in [-0.2, -0.15) is 11.8 Å². The highest BCUT2D eigenvalue weighted by molar-refractivity contribution is 7.99. The summed E-state index contributed by atoms with van der Waals surface area (Å²) in [6, 6.07) is 0.879. The first-order valence-electron chi connectivity index (χ1n) is 6.79. The Balaban J connectivity index is 1.49. The summed E-state index contributed by atoms with van der Waals surface area (Å²) in [6.07, 6.45) is 5.80. The third-order valence-corrected chi connectivity index (χ3v) is 6.14. The van der Waals surface area contributed by atoms with Gasteiger partial charge < -0.3 is 10.2 Å². The van der Waals surface area contributed by atoms with E-state index in [2.05, 4.69) is 29.0 Å². The van der Waals surface area contributed by atoms with Crippen molar-refractivity contribution >= 4 is 11.8 Å². The molecule has 0 bridgehead atoms. The minimum Gasteiger partial charge on any atom is -0.317 e. The van der Waals surface area contributed by atoms with Crippen LogP contribution in [-0.4, -0.2) is 49.1 Å². The van der Waals surface area contributed by atoms with E-state index in [1.807, 2.05) is 0 Å². The predicted octanol–water partition coefficient (Wildman–Crippen LogP) is 1.81. The number of nitrogens with zero attached hydrogens (tertiary/aromatic N) is 1. The van der Waals surface area contributed by atoms with Crippen LogP contribution in [0.4, 0.5) is 0 Å². The molecule has 16 heavy (non-hydrogen) atoms. The Morgan fingerprint density at radius 3 is 2.88 bits per heavy atom. The zero-order valence-corrected chi connectivity index (χ0v) is 11.2. The summed E-state index contributed by atoms with van der Waals surface area (Å²) in [4.78, 5) is 2.65. The number of thioether (sulfide) groups is 1. The summed E-state index contributed by atoms with van der Waals surface area (Å²) in [5, 5.41) is 3.49. The molecule has 3 heteroatoms. The molecule has 1 N–H and O–H groups in total. The molecule has 0 aromatic heterocycles. The lowest BCUT2D eigenvalue weighted by Gasteiger charge is -2.27. The first-order valence-corrected chi connectivity index (χ1v) is 7.94. The highest BCUT2D eigenvalue weighted by Gasteiger charge is 2.53. The zero-order chi connectivity index (χ0) is 11.0. The van der Waals surface area contributed by atoms with E-state index in [1.165, 1.54) is 56.8 Å². The second kappa shape index (κ2) is 4.51. The molecule has 2 unspecified atom stereocenters. The highest BCUT2D eigenvalue weighted by Crippen LogP contribution is 2.58. The standard InChI is InChI=1S/C13H24N2S/c1-15(12-2-7-16-10-12)9-11-8-13(11)3-5-14-6-4-13/h11-12,14H,2-10H2,1H3. The Morgan fingerprint density at radius 2 is 2.19 bits per heavy atom. The predicted molar refractivity (Wildman–Crippen MR) is 71.0 cm³/mol. The molecule has 2 nitrogen and oxygen atoms in total. The third kappa shape index (κ3) is 2.14. The minimum absolute atomic E-state index is 0.769. The van der Waals surface area contributed by atoms with E-state index >= 15 is 0 Å². The molecule has 2 heterocycles. The molecule has 92 valence electrons. The fourth-order valence-electron chi connectivity index (χ4n) is 3.59. The second-order valence-corrected chi connectivity index (χ2v) is 7.12. The summed E-state index contributed by atoms with van der Waals surface area (Å²) >= 11 is 2.13. The summed E-state index contributed by atoms with van der Waals surface area (Å²) in [6.45, 7) is 3.89. The Morgan fingerprint density at radius 1 is 1.38 bits per heavy atom. The van der Waals surface area contributed by atoms with Crippen molar-refractivity contribution in [3.63, 3.8) is 0 Å². The van der Waals surface area contributed by atoms with Crippen LogP contribution in [0.1, 0.15) is 25.7 Å². The van der Waals surface area contributed by atoms with E-state index in [4.69, 9.17) is 0 Å². The third-order valence-electron chi connectivity index (χ3n) is 5.00. The molecule has 2 aliphatic heterocycles. The number of nitrogens with one attached hydrogen (secondary N) is 1. The summed E-state index contributed by atoms with van der Waals surface area (Å²) in [5.41, 5.74) is 0.769. The lowest BCUT2D eigenvalue weighted by Crippen LogP contribution is -2.36. The number of piperidine rings is 1. The van der Waals surface area contributed by atoms with Crippen LogP contribution in [0.5, 0.6) is 0 Å². The molecule has 0 amide bonds. The first kappa shape index (κ1) is 11.4. The molecule has 0 aromatic carbocycles. The maximum atomic E-state index is 3.49. The summed E-state index contributed by atoms with van der Waals surface area (Å²) in [7, 11) is 2.35. The van der Waals surface area contributed by atoms with Gasteiger partial charge in [-0.1, -0.05) is 0 Å². The SMILES string of the molecule is CN(CC1CC12CCNCC2)C1CCSC1. The average molecular weight is 240 g/mol. The maximum absolute atomic E-state index is 3.49. The van der Waals surface area contributed by atoms with Crippen molar-refractivity contribution in [1.82, 2.24) is 10.2 Å².